The molecular formula is C20H17BrO5. The first-order valence-corrected chi connectivity index (χ1v) is 8.94. The van der Waals surface area contributed by atoms with Gasteiger partial charge < -0.3 is 14.2 Å². The Kier molecular flexibility index (Phi) is 5.42. The van der Waals surface area contributed by atoms with E-state index in [0.29, 0.717) is 23.7 Å². The quantitative estimate of drug-likeness (QED) is 0.533. The maximum atomic E-state index is 12.5. The van der Waals surface area contributed by atoms with E-state index in [-0.39, 0.29) is 11.5 Å². The highest BCUT2D eigenvalue weighted by atomic mass is 79.9. The van der Waals surface area contributed by atoms with Crippen LogP contribution in [-0.4, -0.2) is 24.5 Å². The van der Waals surface area contributed by atoms with Crippen LogP contribution in [0.4, 0.5) is 0 Å². The van der Waals surface area contributed by atoms with Gasteiger partial charge in [0, 0.05) is 10.5 Å². The second-order valence-electron chi connectivity index (χ2n) is 5.66. The maximum absolute atomic E-state index is 12.5. The molecule has 0 amide bonds. The predicted octanol–water partition coefficient (Wildman–Crippen LogP) is 4.40. The number of ether oxygens (including phenoxy) is 3. The number of carbonyl (C=O) groups excluding carboxylic acids is 2. The third kappa shape index (κ3) is 3.96. The minimum Gasteiger partial charge on any atom is -0.479 e. The number of rotatable bonds is 5. The van der Waals surface area contributed by atoms with Crippen molar-refractivity contribution in [3.8, 4) is 11.5 Å². The molecule has 0 fully saturated rings. The molecule has 134 valence electrons. The van der Waals surface area contributed by atoms with Crippen molar-refractivity contribution >= 4 is 33.8 Å². The van der Waals surface area contributed by atoms with Crippen molar-refractivity contribution in [2.75, 3.05) is 6.61 Å². The van der Waals surface area contributed by atoms with Crippen molar-refractivity contribution in [3.63, 3.8) is 0 Å². The van der Waals surface area contributed by atoms with Crippen LogP contribution in [0.3, 0.4) is 0 Å². The number of benzene rings is 2. The zero-order valence-electron chi connectivity index (χ0n) is 14.3. The van der Waals surface area contributed by atoms with Crippen LogP contribution in [0.5, 0.6) is 11.5 Å². The molecule has 0 spiro atoms. The van der Waals surface area contributed by atoms with Gasteiger partial charge in [-0.15, -0.1) is 0 Å². The van der Waals surface area contributed by atoms with Crippen molar-refractivity contribution in [1.29, 1.82) is 0 Å². The molecule has 0 aromatic heterocycles. The molecule has 0 saturated carbocycles. The lowest BCUT2D eigenvalue weighted by Crippen LogP contribution is -2.26. The Morgan fingerprint density at radius 2 is 1.96 bits per heavy atom. The molecular weight excluding hydrogens is 400 g/mol. The lowest BCUT2D eigenvalue weighted by molar-refractivity contribution is -0.150. The van der Waals surface area contributed by atoms with Crippen LogP contribution in [0.25, 0.3) is 6.08 Å². The van der Waals surface area contributed by atoms with Crippen LogP contribution in [0.2, 0.25) is 0 Å². The Labute approximate surface area is 159 Å². The smallest absolute Gasteiger partial charge is 0.347 e. The predicted molar refractivity (Wildman–Crippen MR) is 100 cm³/mol. The van der Waals surface area contributed by atoms with Crippen LogP contribution in [0.1, 0.15) is 29.8 Å². The van der Waals surface area contributed by atoms with E-state index in [9.17, 15) is 9.59 Å². The standard InChI is InChI=1S/C20H17BrO5/c1-3-24-20(23)12(2)25-15-8-9-16-17(11-15)26-18(19(16)22)10-13-4-6-14(21)7-5-13/h4-12H,3H2,1-2H3/t12-/m1/s1. The molecule has 0 N–H and O–H groups in total. The third-order valence-corrected chi connectivity index (χ3v) is 4.27. The molecule has 6 heteroatoms. The molecule has 2 aromatic carbocycles. The second-order valence-corrected chi connectivity index (χ2v) is 6.58. The summed E-state index contributed by atoms with van der Waals surface area (Å²) in [5, 5.41) is 0. The number of allylic oxidation sites excluding steroid dienone is 1. The van der Waals surface area contributed by atoms with Crippen LogP contribution in [0.15, 0.2) is 52.7 Å². The van der Waals surface area contributed by atoms with Gasteiger partial charge in [-0.05, 0) is 49.8 Å². The number of ketones is 1. The zero-order chi connectivity index (χ0) is 18.7. The van der Waals surface area contributed by atoms with Gasteiger partial charge >= 0.3 is 5.97 Å². The average Bonchev–Trinajstić information content (AvgIpc) is 2.92. The SMILES string of the molecule is CCOC(=O)[C@@H](C)Oc1ccc2c(c1)OC(=Cc1ccc(Br)cc1)C2=O. The summed E-state index contributed by atoms with van der Waals surface area (Å²) in [5.74, 6) is 0.459. The Bertz CT molecular complexity index is 870. The van der Waals surface area contributed by atoms with E-state index >= 15 is 0 Å². The summed E-state index contributed by atoms with van der Waals surface area (Å²) in [5.41, 5.74) is 1.32. The molecule has 0 unspecified atom stereocenters. The number of carbonyl (C=O) groups is 2. The highest BCUT2D eigenvalue weighted by Crippen LogP contribution is 2.35. The van der Waals surface area contributed by atoms with Gasteiger partial charge in [-0.3, -0.25) is 4.79 Å². The van der Waals surface area contributed by atoms with E-state index in [4.69, 9.17) is 14.2 Å². The van der Waals surface area contributed by atoms with Gasteiger partial charge in [0.2, 0.25) is 5.78 Å². The number of Topliss-reactive ketones (excluding diaryl/α,β-unsaturated/α-hetero) is 1. The fourth-order valence-corrected chi connectivity index (χ4v) is 2.73. The van der Waals surface area contributed by atoms with E-state index < -0.39 is 12.1 Å². The summed E-state index contributed by atoms with van der Waals surface area (Å²) >= 11 is 3.37. The van der Waals surface area contributed by atoms with E-state index in [1.807, 2.05) is 24.3 Å². The molecule has 0 aliphatic carbocycles. The number of halogens is 1. The van der Waals surface area contributed by atoms with E-state index in [1.54, 1.807) is 38.1 Å². The van der Waals surface area contributed by atoms with E-state index in [1.165, 1.54) is 0 Å². The van der Waals surface area contributed by atoms with Gasteiger partial charge in [0.25, 0.3) is 0 Å². The summed E-state index contributed by atoms with van der Waals surface area (Å²) in [6, 6.07) is 12.4. The normalized spacial score (nSPS) is 15.3. The van der Waals surface area contributed by atoms with Gasteiger partial charge in [-0.1, -0.05) is 28.1 Å². The zero-order valence-corrected chi connectivity index (χ0v) is 15.9. The van der Waals surface area contributed by atoms with E-state index in [2.05, 4.69) is 15.9 Å². The molecule has 5 nitrogen and oxygen atoms in total. The van der Waals surface area contributed by atoms with Crippen molar-refractivity contribution in [2.24, 2.45) is 0 Å². The van der Waals surface area contributed by atoms with E-state index in [0.717, 1.165) is 10.0 Å². The summed E-state index contributed by atoms with van der Waals surface area (Å²) in [4.78, 5) is 24.1. The Morgan fingerprint density at radius 3 is 2.65 bits per heavy atom. The first-order chi connectivity index (χ1) is 12.5. The van der Waals surface area contributed by atoms with Crippen molar-refractivity contribution in [2.45, 2.75) is 20.0 Å². The molecule has 3 rings (SSSR count). The molecule has 1 atom stereocenters. The molecule has 1 heterocycles. The number of esters is 1. The molecule has 1 aliphatic rings. The lowest BCUT2D eigenvalue weighted by Gasteiger charge is -2.13. The first kappa shape index (κ1) is 18.2. The van der Waals surface area contributed by atoms with Gasteiger partial charge in [-0.25, -0.2) is 4.79 Å². The van der Waals surface area contributed by atoms with Crippen LogP contribution >= 0.6 is 15.9 Å². The molecule has 0 saturated heterocycles. The van der Waals surface area contributed by atoms with Crippen molar-refractivity contribution in [1.82, 2.24) is 0 Å². The average molecular weight is 417 g/mol. The van der Waals surface area contributed by atoms with Crippen LogP contribution in [-0.2, 0) is 9.53 Å². The number of hydrogen-bond donors (Lipinski definition) is 0. The Morgan fingerprint density at radius 1 is 1.23 bits per heavy atom. The molecule has 1 aliphatic heterocycles. The van der Waals surface area contributed by atoms with Crippen LogP contribution < -0.4 is 9.47 Å². The molecule has 0 bridgehead atoms. The maximum Gasteiger partial charge on any atom is 0.347 e. The van der Waals surface area contributed by atoms with Gasteiger partial charge in [0.1, 0.15) is 11.5 Å². The summed E-state index contributed by atoms with van der Waals surface area (Å²) in [6.45, 7) is 3.63. The largest absolute Gasteiger partial charge is 0.479 e. The third-order valence-electron chi connectivity index (χ3n) is 3.74. The van der Waals surface area contributed by atoms with Crippen molar-refractivity contribution in [3.05, 3.63) is 63.8 Å². The molecule has 2 aromatic rings. The lowest BCUT2D eigenvalue weighted by atomic mass is 10.1. The fourth-order valence-electron chi connectivity index (χ4n) is 2.46. The first-order valence-electron chi connectivity index (χ1n) is 8.15. The minimum absolute atomic E-state index is 0.187. The minimum atomic E-state index is -0.747. The van der Waals surface area contributed by atoms with Gasteiger partial charge in [0.15, 0.2) is 11.9 Å². The number of fused-ring (bicyclic) bond motifs is 1. The fraction of sp³-hybridized carbons (Fsp3) is 0.200. The second kappa shape index (κ2) is 7.74. The molecule has 26 heavy (non-hydrogen) atoms. The summed E-state index contributed by atoms with van der Waals surface area (Å²) < 4.78 is 17.1. The highest BCUT2D eigenvalue weighted by molar-refractivity contribution is 9.10. The molecule has 0 radical (unpaired) electrons. The summed E-state index contributed by atoms with van der Waals surface area (Å²) in [6.07, 6.45) is 0.944. The number of hydrogen-bond acceptors (Lipinski definition) is 5. The summed E-state index contributed by atoms with van der Waals surface area (Å²) in [7, 11) is 0. The monoisotopic (exact) mass is 416 g/mol. The highest BCUT2D eigenvalue weighted by Gasteiger charge is 2.28. The van der Waals surface area contributed by atoms with Crippen LogP contribution in [0, 0.1) is 0 Å². The topological polar surface area (TPSA) is 61.8 Å². The van der Waals surface area contributed by atoms with Crippen molar-refractivity contribution < 1.29 is 23.8 Å². The Balaban J connectivity index is 1.77. The van der Waals surface area contributed by atoms with Gasteiger partial charge in [0.05, 0.1) is 12.2 Å². The Hall–Kier alpha value is -2.60. The van der Waals surface area contributed by atoms with Gasteiger partial charge in [-0.2, -0.15) is 0 Å².